The summed E-state index contributed by atoms with van der Waals surface area (Å²) in [5, 5.41) is 9.02. The molecule has 0 fully saturated rings. The van der Waals surface area contributed by atoms with Gasteiger partial charge in [-0.3, -0.25) is 4.98 Å². The molecular weight excluding hydrogens is 262 g/mol. The molecule has 1 atom stereocenters. The van der Waals surface area contributed by atoms with Gasteiger partial charge < -0.3 is 10.8 Å². The lowest BCUT2D eigenvalue weighted by Crippen LogP contribution is -2.16. The van der Waals surface area contributed by atoms with Gasteiger partial charge in [0.2, 0.25) is 0 Å². The van der Waals surface area contributed by atoms with Crippen LogP contribution >= 0.6 is 12.4 Å². The van der Waals surface area contributed by atoms with Gasteiger partial charge in [-0.15, -0.1) is 12.4 Å². The second kappa shape index (κ2) is 5.82. The average molecular weight is 282 g/mol. The first-order valence-corrected chi connectivity index (χ1v) is 6.05. The lowest BCUT2D eigenvalue weighted by molar-refractivity contribution is 0.266. The molecule has 0 aliphatic heterocycles. The molecule has 0 radical (unpaired) electrons. The number of nitrogens with zero attached hydrogens (tertiary/aromatic N) is 2. The predicted octanol–water partition coefficient (Wildman–Crippen LogP) is 2.34. The fourth-order valence-electron chi connectivity index (χ4n) is 1.76. The molecule has 0 aliphatic carbocycles. The molecule has 4 nitrogen and oxygen atoms in total. The number of benzene rings is 1. The van der Waals surface area contributed by atoms with E-state index in [0.717, 1.165) is 11.0 Å². The third kappa shape index (κ3) is 3.41. The highest BCUT2D eigenvalue weighted by Crippen LogP contribution is 2.24. The van der Waals surface area contributed by atoms with Crippen molar-refractivity contribution in [2.75, 3.05) is 6.61 Å². The summed E-state index contributed by atoms with van der Waals surface area (Å²) in [5.74, 6) is 0. The first-order chi connectivity index (χ1) is 8.41. The smallest absolute Gasteiger partial charge is 0.0891 e. The van der Waals surface area contributed by atoms with Crippen LogP contribution in [0.5, 0.6) is 0 Å². The maximum atomic E-state index is 9.02. The minimum atomic E-state index is -0.468. The predicted molar refractivity (Wildman–Crippen MR) is 79.5 cm³/mol. The van der Waals surface area contributed by atoms with Crippen LogP contribution in [0.15, 0.2) is 24.4 Å². The summed E-state index contributed by atoms with van der Waals surface area (Å²) in [4.78, 5) is 8.79. The number of nitrogens with two attached hydrogens (primary N) is 1. The number of hydrogen-bond donors (Lipinski definition) is 2. The second-order valence-corrected chi connectivity index (χ2v) is 5.54. The Balaban J connectivity index is 0.00000180. The third-order valence-corrected chi connectivity index (χ3v) is 3.00. The van der Waals surface area contributed by atoms with Crippen molar-refractivity contribution in [3.63, 3.8) is 0 Å². The van der Waals surface area contributed by atoms with Crippen molar-refractivity contribution in [3.8, 4) is 0 Å². The van der Waals surface area contributed by atoms with Crippen LogP contribution in [0.3, 0.4) is 0 Å². The van der Waals surface area contributed by atoms with Gasteiger partial charge in [0.15, 0.2) is 0 Å². The monoisotopic (exact) mass is 281 g/mol. The van der Waals surface area contributed by atoms with Gasteiger partial charge in [-0.05, 0) is 23.1 Å². The SMILES string of the molecule is CC(C)(C)c1ccc2nc([C@@H](N)CO)cnc2c1.Cl. The normalized spacial score (nSPS) is 13.1. The molecule has 0 saturated carbocycles. The zero-order valence-corrected chi connectivity index (χ0v) is 12.2. The Morgan fingerprint density at radius 2 is 1.95 bits per heavy atom. The molecule has 0 bridgehead atoms. The van der Waals surface area contributed by atoms with Crippen molar-refractivity contribution in [3.05, 3.63) is 35.7 Å². The van der Waals surface area contributed by atoms with Crippen molar-refractivity contribution in [1.29, 1.82) is 0 Å². The molecule has 3 N–H and O–H groups in total. The first kappa shape index (κ1) is 15.8. The van der Waals surface area contributed by atoms with Crippen LogP contribution in [0.25, 0.3) is 11.0 Å². The molecule has 1 aromatic heterocycles. The van der Waals surface area contributed by atoms with E-state index < -0.39 is 6.04 Å². The zero-order chi connectivity index (χ0) is 13.3. The van der Waals surface area contributed by atoms with Gasteiger partial charge >= 0.3 is 0 Å². The molecule has 19 heavy (non-hydrogen) atoms. The number of halogens is 1. The standard InChI is InChI=1S/C14H19N3O.ClH/c1-14(2,3)9-4-5-11-12(6-9)16-7-13(17-11)10(15)8-18;/h4-7,10,18H,8,15H2,1-3H3;1H/t10-;/m0./s1. The zero-order valence-electron chi connectivity index (χ0n) is 11.4. The van der Waals surface area contributed by atoms with Crippen LogP contribution in [0.1, 0.15) is 38.1 Å². The van der Waals surface area contributed by atoms with Crippen molar-refractivity contribution < 1.29 is 5.11 Å². The highest BCUT2D eigenvalue weighted by molar-refractivity contribution is 5.85. The maximum Gasteiger partial charge on any atom is 0.0891 e. The second-order valence-electron chi connectivity index (χ2n) is 5.54. The molecule has 1 heterocycles. The van der Waals surface area contributed by atoms with E-state index >= 15 is 0 Å². The van der Waals surface area contributed by atoms with Gasteiger partial charge in [0.05, 0.1) is 35.6 Å². The lowest BCUT2D eigenvalue weighted by atomic mass is 9.87. The fraction of sp³-hybridized carbons (Fsp3) is 0.429. The molecule has 1 aromatic carbocycles. The van der Waals surface area contributed by atoms with Crippen molar-refractivity contribution >= 4 is 23.4 Å². The molecular formula is C14H20ClN3O. The van der Waals surface area contributed by atoms with Gasteiger partial charge in [-0.1, -0.05) is 26.8 Å². The summed E-state index contributed by atoms with van der Waals surface area (Å²) in [7, 11) is 0. The Bertz CT molecular complexity index is 566. The van der Waals surface area contributed by atoms with Gasteiger partial charge in [0.1, 0.15) is 0 Å². The summed E-state index contributed by atoms with van der Waals surface area (Å²) >= 11 is 0. The first-order valence-electron chi connectivity index (χ1n) is 6.05. The fourth-order valence-corrected chi connectivity index (χ4v) is 1.76. The van der Waals surface area contributed by atoms with Crippen LogP contribution in [0, 0.1) is 0 Å². The van der Waals surface area contributed by atoms with E-state index in [1.165, 1.54) is 5.56 Å². The Labute approximate surface area is 119 Å². The van der Waals surface area contributed by atoms with E-state index in [9.17, 15) is 0 Å². The maximum absolute atomic E-state index is 9.02. The summed E-state index contributed by atoms with van der Waals surface area (Å²) in [5.41, 5.74) is 9.34. The summed E-state index contributed by atoms with van der Waals surface area (Å²) < 4.78 is 0. The highest BCUT2D eigenvalue weighted by Gasteiger charge is 2.15. The number of hydrogen-bond acceptors (Lipinski definition) is 4. The van der Waals surface area contributed by atoms with E-state index in [0.29, 0.717) is 5.69 Å². The average Bonchev–Trinajstić information content (AvgIpc) is 2.35. The van der Waals surface area contributed by atoms with Gasteiger partial charge in [0.25, 0.3) is 0 Å². The van der Waals surface area contributed by atoms with E-state index in [4.69, 9.17) is 10.8 Å². The largest absolute Gasteiger partial charge is 0.394 e. The van der Waals surface area contributed by atoms with E-state index in [1.54, 1.807) is 6.20 Å². The van der Waals surface area contributed by atoms with Crippen LogP contribution in [-0.2, 0) is 5.41 Å². The Morgan fingerprint density at radius 3 is 2.53 bits per heavy atom. The Kier molecular flexibility index (Phi) is 4.85. The number of aromatic nitrogens is 2. The third-order valence-electron chi connectivity index (χ3n) is 3.00. The van der Waals surface area contributed by atoms with E-state index in [2.05, 4.69) is 42.9 Å². The minimum Gasteiger partial charge on any atom is -0.394 e. The minimum absolute atomic E-state index is 0. The van der Waals surface area contributed by atoms with Crippen molar-refractivity contribution in [1.82, 2.24) is 9.97 Å². The van der Waals surface area contributed by atoms with Crippen LogP contribution in [0.2, 0.25) is 0 Å². The summed E-state index contributed by atoms with van der Waals surface area (Å²) in [6.07, 6.45) is 1.63. The number of rotatable bonds is 2. The van der Waals surface area contributed by atoms with Crippen molar-refractivity contribution in [2.45, 2.75) is 32.2 Å². The molecule has 0 saturated heterocycles. The molecule has 0 unspecified atom stereocenters. The highest BCUT2D eigenvalue weighted by atomic mass is 35.5. The topological polar surface area (TPSA) is 72.0 Å². The van der Waals surface area contributed by atoms with Gasteiger partial charge in [-0.2, -0.15) is 0 Å². The number of fused-ring (bicyclic) bond motifs is 1. The summed E-state index contributed by atoms with van der Waals surface area (Å²) in [6, 6.07) is 5.60. The summed E-state index contributed by atoms with van der Waals surface area (Å²) in [6.45, 7) is 6.37. The lowest BCUT2D eigenvalue weighted by Gasteiger charge is -2.19. The van der Waals surface area contributed by atoms with Gasteiger partial charge in [-0.25, -0.2) is 4.98 Å². The Morgan fingerprint density at radius 1 is 1.26 bits per heavy atom. The molecule has 0 spiro atoms. The molecule has 2 rings (SSSR count). The molecule has 5 heteroatoms. The van der Waals surface area contributed by atoms with E-state index in [-0.39, 0.29) is 24.4 Å². The molecule has 0 aliphatic rings. The molecule has 2 aromatic rings. The van der Waals surface area contributed by atoms with Crippen molar-refractivity contribution in [2.24, 2.45) is 5.73 Å². The number of aliphatic hydroxyl groups excluding tert-OH is 1. The van der Waals surface area contributed by atoms with E-state index in [1.807, 2.05) is 6.07 Å². The van der Waals surface area contributed by atoms with Gasteiger partial charge in [0, 0.05) is 0 Å². The molecule has 0 amide bonds. The number of aliphatic hydroxyl groups is 1. The Hall–Kier alpha value is -1.23. The van der Waals surface area contributed by atoms with Crippen LogP contribution in [-0.4, -0.2) is 21.7 Å². The quantitative estimate of drug-likeness (QED) is 0.886. The van der Waals surface area contributed by atoms with Crippen LogP contribution in [0.4, 0.5) is 0 Å². The molecule has 104 valence electrons. The van der Waals surface area contributed by atoms with Crippen LogP contribution < -0.4 is 5.73 Å².